The van der Waals surface area contributed by atoms with E-state index in [1.165, 1.54) is 5.56 Å². The van der Waals surface area contributed by atoms with Crippen LogP contribution in [-0.2, 0) is 17.8 Å². The van der Waals surface area contributed by atoms with Crippen LogP contribution >= 0.6 is 0 Å². The Balaban J connectivity index is 2.32. The van der Waals surface area contributed by atoms with Crippen LogP contribution < -0.4 is 10.5 Å². The fraction of sp³-hybridized carbons (Fsp3) is 0.417. The maximum atomic E-state index is 11.3. The van der Waals surface area contributed by atoms with Crippen LogP contribution in [0.4, 0.5) is 0 Å². The number of carbonyl (C=O) groups is 1. The number of rotatable bonds is 2. The summed E-state index contributed by atoms with van der Waals surface area (Å²) in [6.07, 6.45) is 0.665. The molecule has 1 aromatic rings. The van der Waals surface area contributed by atoms with E-state index in [2.05, 4.69) is 0 Å². The van der Waals surface area contributed by atoms with Gasteiger partial charge in [0.1, 0.15) is 5.75 Å². The normalized spacial score (nSPS) is 20.2. The lowest BCUT2D eigenvalue weighted by molar-refractivity contribution is -0.123. The van der Waals surface area contributed by atoms with E-state index < -0.39 is 0 Å². The second-order valence-corrected chi connectivity index (χ2v) is 4.17. The van der Waals surface area contributed by atoms with E-state index in [1.54, 1.807) is 7.11 Å². The van der Waals surface area contributed by atoms with Crippen LogP contribution in [0.2, 0.25) is 0 Å². The van der Waals surface area contributed by atoms with E-state index in [1.807, 2.05) is 30.1 Å². The Morgan fingerprint density at radius 1 is 1.50 bits per heavy atom. The van der Waals surface area contributed by atoms with Gasteiger partial charge in [0.25, 0.3) is 0 Å². The summed E-state index contributed by atoms with van der Waals surface area (Å²) in [6.45, 7) is 0.757. The molecule has 1 unspecified atom stereocenters. The summed E-state index contributed by atoms with van der Waals surface area (Å²) in [5.74, 6) is 0.558. The van der Waals surface area contributed by atoms with Crippen LogP contribution in [0.15, 0.2) is 18.2 Å². The van der Waals surface area contributed by atoms with Gasteiger partial charge in [-0.2, -0.15) is 0 Å². The van der Waals surface area contributed by atoms with Crippen LogP contribution in [0.5, 0.6) is 5.75 Å². The number of hydrogen-bond acceptors (Lipinski definition) is 3. The zero-order chi connectivity index (χ0) is 11.7. The van der Waals surface area contributed by atoms with Crippen LogP contribution in [0.25, 0.3) is 0 Å². The molecule has 0 saturated heterocycles. The first-order chi connectivity index (χ1) is 7.61. The Labute approximate surface area is 95.0 Å². The van der Waals surface area contributed by atoms with Crippen molar-refractivity contribution in [2.24, 2.45) is 5.73 Å². The topological polar surface area (TPSA) is 55.6 Å². The van der Waals surface area contributed by atoms with E-state index in [-0.39, 0.29) is 11.9 Å². The fourth-order valence-corrected chi connectivity index (χ4v) is 2.13. The molecular weight excluding hydrogens is 204 g/mol. The van der Waals surface area contributed by atoms with Crippen LogP contribution in [0.1, 0.15) is 11.1 Å². The smallest absolute Gasteiger partial charge is 0.235 e. The number of carbonyl (C=O) groups excluding carboxylic acids is 1. The fourth-order valence-electron chi connectivity index (χ4n) is 2.13. The third-order valence-corrected chi connectivity index (χ3v) is 3.11. The first kappa shape index (κ1) is 11.0. The number of amides is 1. The molecule has 4 nitrogen and oxygen atoms in total. The van der Waals surface area contributed by atoms with Gasteiger partial charge in [0.15, 0.2) is 0 Å². The standard InChI is InChI=1S/C12H16N2O2/c1-14-7-8-3-4-10(16-2)5-9(8)6-11(14)12(13)15/h3-5,11H,6-7H2,1-2H3,(H2,13,15). The quantitative estimate of drug-likeness (QED) is 0.791. The van der Waals surface area contributed by atoms with Gasteiger partial charge in [0.2, 0.25) is 5.91 Å². The third kappa shape index (κ3) is 1.88. The highest BCUT2D eigenvalue weighted by atomic mass is 16.5. The second kappa shape index (κ2) is 4.14. The van der Waals surface area contributed by atoms with Crippen molar-refractivity contribution in [1.29, 1.82) is 0 Å². The molecule has 0 bridgehead atoms. The van der Waals surface area contributed by atoms with Crippen molar-refractivity contribution in [1.82, 2.24) is 4.90 Å². The Morgan fingerprint density at radius 2 is 2.25 bits per heavy atom. The number of nitrogens with two attached hydrogens (primary N) is 1. The number of ether oxygens (including phenoxy) is 1. The molecule has 1 aliphatic heterocycles. The van der Waals surface area contributed by atoms with Gasteiger partial charge in [-0.1, -0.05) is 6.07 Å². The highest BCUT2D eigenvalue weighted by Gasteiger charge is 2.27. The van der Waals surface area contributed by atoms with Gasteiger partial charge >= 0.3 is 0 Å². The van der Waals surface area contributed by atoms with Crippen molar-refractivity contribution >= 4 is 5.91 Å². The Morgan fingerprint density at radius 3 is 2.88 bits per heavy atom. The van der Waals surface area contributed by atoms with Crippen molar-refractivity contribution in [2.45, 2.75) is 19.0 Å². The summed E-state index contributed by atoms with van der Waals surface area (Å²) in [6, 6.07) is 5.76. The SMILES string of the molecule is COc1ccc2c(c1)CC(C(N)=O)N(C)C2. The van der Waals surface area contributed by atoms with Crippen molar-refractivity contribution < 1.29 is 9.53 Å². The van der Waals surface area contributed by atoms with Crippen LogP contribution in [0.3, 0.4) is 0 Å². The molecule has 4 heteroatoms. The molecule has 0 aromatic heterocycles. The van der Waals surface area contributed by atoms with Crippen molar-refractivity contribution in [2.75, 3.05) is 14.2 Å². The van der Waals surface area contributed by atoms with E-state index in [0.717, 1.165) is 17.9 Å². The zero-order valence-electron chi connectivity index (χ0n) is 9.56. The van der Waals surface area contributed by atoms with E-state index in [9.17, 15) is 4.79 Å². The largest absolute Gasteiger partial charge is 0.497 e. The summed E-state index contributed by atoms with van der Waals surface area (Å²) in [5, 5.41) is 0. The minimum Gasteiger partial charge on any atom is -0.497 e. The summed E-state index contributed by atoms with van der Waals surface area (Å²) >= 11 is 0. The average Bonchev–Trinajstić information content (AvgIpc) is 2.27. The molecule has 1 aliphatic rings. The molecule has 16 heavy (non-hydrogen) atoms. The first-order valence-corrected chi connectivity index (χ1v) is 5.27. The van der Waals surface area contributed by atoms with Gasteiger partial charge in [-0.15, -0.1) is 0 Å². The Hall–Kier alpha value is -1.55. The number of benzene rings is 1. The second-order valence-electron chi connectivity index (χ2n) is 4.17. The first-order valence-electron chi connectivity index (χ1n) is 5.27. The molecule has 0 spiro atoms. The molecule has 1 aromatic carbocycles. The number of likely N-dealkylation sites (N-methyl/N-ethyl adjacent to an activating group) is 1. The maximum absolute atomic E-state index is 11.3. The molecule has 1 atom stereocenters. The molecule has 0 aliphatic carbocycles. The maximum Gasteiger partial charge on any atom is 0.235 e. The van der Waals surface area contributed by atoms with E-state index >= 15 is 0 Å². The summed E-state index contributed by atoms with van der Waals surface area (Å²) in [4.78, 5) is 13.3. The van der Waals surface area contributed by atoms with Gasteiger partial charge in [0, 0.05) is 6.54 Å². The van der Waals surface area contributed by atoms with Crippen LogP contribution in [-0.4, -0.2) is 31.0 Å². The van der Waals surface area contributed by atoms with Gasteiger partial charge < -0.3 is 10.5 Å². The van der Waals surface area contributed by atoms with Crippen molar-refractivity contribution in [3.05, 3.63) is 29.3 Å². The summed E-state index contributed by atoms with van der Waals surface area (Å²) in [5.41, 5.74) is 7.76. The summed E-state index contributed by atoms with van der Waals surface area (Å²) in [7, 11) is 3.56. The number of methoxy groups -OCH3 is 1. The zero-order valence-corrected chi connectivity index (χ0v) is 9.56. The van der Waals surface area contributed by atoms with Gasteiger partial charge in [-0.3, -0.25) is 9.69 Å². The molecule has 86 valence electrons. The minimum atomic E-state index is -0.268. The minimum absolute atomic E-state index is 0.209. The highest BCUT2D eigenvalue weighted by Crippen LogP contribution is 2.25. The molecule has 0 fully saturated rings. The Bertz CT molecular complexity index is 417. The lowest BCUT2D eigenvalue weighted by Gasteiger charge is -2.32. The monoisotopic (exact) mass is 220 g/mol. The van der Waals surface area contributed by atoms with Gasteiger partial charge in [0.05, 0.1) is 13.2 Å². The van der Waals surface area contributed by atoms with Gasteiger partial charge in [-0.25, -0.2) is 0 Å². The number of nitrogens with zero attached hydrogens (tertiary/aromatic N) is 1. The third-order valence-electron chi connectivity index (χ3n) is 3.11. The molecule has 2 rings (SSSR count). The lowest BCUT2D eigenvalue weighted by Crippen LogP contribution is -2.46. The van der Waals surface area contributed by atoms with E-state index in [4.69, 9.17) is 10.5 Å². The number of primary amides is 1. The molecule has 1 heterocycles. The van der Waals surface area contributed by atoms with Gasteiger partial charge in [-0.05, 0) is 36.7 Å². The molecule has 2 N–H and O–H groups in total. The molecule has 0 saturated carbocycles. The highest BCUT2D eigenvalue weighted by molar-refractivity contribution is 5.80. The molecule has 0 radical (unpaired) electrons. The number of fused-ring (bicyclic) bond motifs is 1. The van der Waals surface area contributed by atoms with Crippen molar-refractivity contribution in [3.8, 4) is 5.75 Å². The molecule has 1 amide bonds. The Kier molecular flexibility index (Phi) is 2.83. The van der Waals surface area contributed by atoms with E-state index in [0.29, 0.717) is 6.42 Å². The molecular formula is C12H16N2O2. The summed E-state index contributed by atoms with van der Waals surface area (Å²) < 4.78 is 5.17. The predicted octanol–water partition coefficient (Wildman–Crippen LogP) is 0.537. The predicted molar refractivity (Wildman–Crippen MR) is 61.1 cm³/mol. The average molecular weight is 220 g/mol. The van der Waals surface area contributed by atoms with Crippen LogP contribution in [0, 0.1) is 0 Å². The lowest BCUT2D eigenvalue weighted by atomic mass is 9.94. The van der Waals surface area contributed by atoms with Crippen molar-refractivity contribution in [3.63, 3.8) is 0 Å². The number of hydrogen-bond donors (Lipinski definition) is 1.